The number of carbonyl (C=O) groups is 4. The van der Waals surface area contributed by atoms with E-state index >= 15 is 0 Å². The molecule has 3 N–H and O–H groups in total. The van der Waals surface area contributed by atoms with E-state index in [9.17, 15) is 43.2 Å². The second kappa shape index (κ2) is 76.1. The van der Waals surface area contributed by atoms with E-state index < -0.39 is 97.5 Å². The van der Waals surface area contributed by atoms with Crippen LogP contribution in [0.1, 0.15) is 453 Å². The van der Waals surface area contributed by atoms with Gasteiger partial charge < -0.3 is 33.8 Å². The summed E-state index contributed by atoms with van der Waals surface area (Å²) >= 11 is 0. The van der Waals surface area contributed by atoms with Crippen molar-refractivity contribution in [3.05, 3.63) is 0 Å². The standard InChI is InChI=1S/C86H168O17P2/c1-8-10-11-12-13-14-15-16-17-18-19-23-28-33-38-46-53-60-67-83(88)96-73-81(102-85(90)69-62-55-48-39-34-29-24-21-20-22-26-31-36-43-50-57-64-77(3)4)75-100-104(92,93)98-71-80(87)72-99-105(94,95)101-76-82(74-97-84(89)68-61-54-47-42-41-45-52-59-66-79(7)9-2)103-86(91)70-63-56-49-40-35-30-25-27-32-37-44-51-58-65-78(5)6/h77-82,87H,8-76H2,1-7H3,(H,92,93)(H,94,95)/t79?,80-,81-,82-/m1/s1. The molecule has 0 saturated carbocycles. The molecule has 0 spiro atoms. The molecule has 0 amide bonds. The Bertz CT molecular complexity index is 2030. The lowest BCUT2D eigenvalue weighted by Gasteiger charge is -2.21. The molecule has 0 aromatic heterocycles. The first kappa shape index (κ1) is 103. The normalized spacial score (nSPS) is 14.1. The lowest BCUT2D eigenvalue weighted by molar-refractivity contribution is -0.161. The van der Waals surface area contributed by atoms with E-state index in [0.717, 1.165) is 108 Å². The van der Waals surface area contributed by atoms with E-state index in [1.54, 1.807) is 0 Å². The van der Waals surface area contributed by atoms with Crippen LogP contribution in [0.2, 0.25) is 0 Å². The molecule has 0 aromatic rings. The highest BCUT2D eigenvalue weighted by Crippen LogP contribution is 2.45. The average Bonchev–Trinajstić information content (AvgIpc) is 0.919. The second-order valence-corrected chi connectivity index (χ2v) is 35.0. The highest BCUT2D eigenvalue weighted by atomic mass is 31.2. The lowest BCUT2D eigenvalue weighted by Crippen LogP contribution is -2.30. The van der Waals surface area contributed by atoms with Crippen molar-refractivity contribution in [2.75, 3.05) is 39.6 Å². The number of esters is 4. The van der Waals surface area contributed by atoms with Gasteiger partial charge in [0.25, 0.3) is 0 Å². The third-order valence-corrected chi connectivity index (χ3v) is 22.4. The number of unbranched alkanes of at least 4 members (excludes halogenated alkanes) is 51. The highest BCUT2D eigenvalue weighted by Gasteiger charge is 2.30. The average molecular weight is 1540 g/mol. The summed E-state index contributed by atoms with van der Waals surface area (Å²) in [5.74, 6) is 0.269. The molecule has 3 unspecified atom stereocenters. The van der Waals surface area contributed by atoms with Gasteiger partial charge in [-0.2, -0.15) is 0 Å². The maximum atomic E-state index is 13.1. The maximum absolute atomic E-state index is 13.1. The third-order valence-electron chi connectivity index (χ3n) is 20.5. The fourth-order valence-corrected chi connectivity index (χ4v) is 14.9. The van der Waals surface area contributed by atoms with Crippen molar-refractivity contribution in [2.45, 2.75) is 471 Å². The Hall–Kier alpha value is -1.94. The Kier molecular flexibility index (Phi) is 74.7. The summed E-state index contributed by atoms with van der Waals surface area (Å²) < 4.78 is 68.9. The minimum absolute atomic E-state index is 0.107. The Morgan fingerprint density at radius 3 is 0.724 bits per heavy atom. The van der Waals surface area contributed by atoms with E-state index in [-0.39, 0.29) is 25.7 Å². The van der Waals surface area contributed by atoms with Gasteiger partial charge in [0.2, 0.25) is 0 Å². The van der Waals surface area contributed by atoms with Crippen LogP contribution in [-0.4, -0.2) is 96.7 Å². The molecular formula is C86H168O17P2. The van der Waals surface area contributed by atoms with Crippen molar-refractivity contribution in [3.8, 4) is 0 Å². The fourth-order valence-electron chi connectivity index (χ4n) is 13.3. The van der Waals surface area contributed by atoms with Gasteiger partial charge in [0, 0.05) is 25.7 Å². The van der Waals surface area contributed by atoms with E-state index in [4.69, 9.17) is 37.0 Å². The van der Waals surface area contributed by atoms with Gasteiger partial charge in [-0.05, 0) is 43.4 Å². The van der Waals surface area contributed by atoms with Crippen LogP contribution in [0.15, 0.2) is 0 Å². The van der Waals surface area contributed by atoms with Gasteiger partial charge >= 0.3 is 39.5 Å². The van der Waals surface area contributed by atoms with Gasteiger partial charge in [-0.1, -0.05) is 402 Å². The van der Waals surface area contributed by atoms with Gasteiger partial charge in [-0.25, -0.2) is 9.13 Å². The Balaban J connectivity index is 5.27. The quantitative estimate of drug-likeness (QED) is 0.0222. The largest absolute Gasteiger partial charge is 0.472 e. The van der Waals surface area contributed by atoms with Gasteiger partial charge in [-0.3, -0.25) is 37.3 Å². The molecule has 0 aliphatic heterocycles. The Morgan fingerprint density at radius 2 is 0.486 bits per heavy atom. The number of rotatable bonds is 84. The number of carbonyl (C=O) groups excluding carboxylic acids is 4. The van der Waals surface area contributed by atoms with Crippen LogP contribution in [0.4, 0.5) is 0 Å². The van der Waals surface area contributed by atoms with Crippen LogP contribution >= 0.6 is 15.6 Å². The summed E-state index contributed by atoms with van der Waals surface area (Å²) in [6, 6.07) is 0. The van der Waals surface area contributed by atoms with Crippen molar-refractivity contribution in [3.63, 3.8) is 0 Å². The van der Waals surface area contributed by atoms with Crippen LogP contribution in [0.3, 0.4) is 0 Å². The van der Waals surface area contributed by atoms with E-state index in [1.165, 1.54) is 263 Å². The molecule has 0 fully saturated rings. The zero-order chi connectivity index (χ0) is 77.2. The number of phosphoric acid groups is 2. The van der Waals surface area contributed by atoms with Crippen LogP contribution in [0.5, 0.6) is 0 Å². The van der Waals surface area contributed by atoms with E-state index in [2.05, 4.69) is 48.5 Å². The van der Waals surface area contributed by atoms with Crippen molar-refractivity contribution in [1.29, 1.82) is 0 Å². The molecule has 0 radical (unpaired) electrons. The molecule has 6 atom stereocenters. The van der Waals surface area contributed by atoms with Crippen molar-refractivity contribution >= 4 is 39.5 Å². The molecule has 0 aliphatic rings. The molecule has 17 nitrogen and oxygen atoms in total. The third kappa shape index (κ3) is 78.5. The van der Waals surface area contributed by atoms with E-state index in [0.29, 0.717) is 25.7 Å². The summed E-state index contributed by atoms with van der Waals surface area (Å²) in [5, 5.41) is 10.7. The first-order valence-corrected chi connectivity index (χ1v) is 47.4. The summed E-state index contributed by atoms with van der Waals surface area (Å²) in [7, 11) is -9.93. The lowest BCUT2D eigenvalue weighted by atomic mass is 9.99. The number of aliphatic hydroxyl groups is 1. The minimum Gasteiger partial charge on any atom is -0.462 e. The summed E-state index contributed by atoms with van der Waals surface area (Å²) in [6.45, 7) is 12.0. The molecule has 0 rings (SSSR count). The van der Waals surface area contributed by atoms with Gasteiger partial charge in [0.15, 0.2) is 12.2 Å². The van der Waals surface area contributed by atoms with E-state index in [1.807, 2.05) is 0 Å². The molecule has 19 heteroatoms. The van der Waals surface area contributed by atoms with Crippen LogP contribution in [-0.2, 0) is 65.4 Å². The molecule has 0 aliphatic carbocycles. The van der Waals surface area contributed by atoms with Crippen LogP contribution < -0.4 is 0 Å². The number of hydrogen-bond donors (Lipinski definition) is 3. The summed E-state index contributed by atoms with van der Waals surface area (Å²) in [4.78, 5) is 73.3. The molecular weight excluding hydrogens is 1370 g/mol. The molecule has 0 aromatic carbocycles. The zero-order valence-corrected chi connectivity index (χ0v) is 71.0. The van der Waals surface area contributed by atoms with Crippen molar-refractivity contribution < 1.29 is 80.2 Å². The molecule has 0 heterocycles. The predicted octanol–water partition coefficient (Wildman–Crippen LogP) is 26.1. The first-order valence-electron chi connectivity index (χ1n) is 44.4. The van der Waals surface area contributed by atoms with Crippen LogP contribution in [0, 0.1) is 17.8 Å². The number of ether oxygens (including phenoxy) is 4. The maximum Gasteiger partial charge on any atom is 0.472 e. The highest BCUT2D eigenvalue weighted by molar-refractivity contribution is 7.47. The summed E-state index contributed by atoms with van der Waals surface area (Å²) in [5.41, 5.74) is 0. The number of phosphoric ester groups is 2. The van der Waals surface area contributed by atoms with Crippen molar-refractivity contribution in [1.82, 2.24) is 0 Å². The smallest absolute Gasteiger partial charge is 0.462 e. The zero-order valence-electron chi connectivity index (χ0n) is 69.2. The fraction of sp³-hybridized carbons (Fsp3) is 0.953. The Morgan fingerprint density at radius 1 is 0.276 bits per heavy atom. The van der Waals surface area contributed by atoms with Gasteiger partial charge in [0.1, 0.15) is 19.3 Å². The first-order chi connectivity index (χ1) is 50.8. The minimum atomic E-state index is -4.97. The molecule has 624 valence electrons. The van der Waals surface area contributed by atoms with Gasteiger partial charge in [-0.15, -0.1) is 0 Å². The van der Waals surface area contributed by atoms with Gasteiger partial charge in [0.05, 0.1) is 26.4 Å². The predicted molar refractivity (Wildman–Crippen MR) is 432 cm³/mol. The topological polar surface area (TPSA) is 237 Å². The Labute approximate surface area is 645 Å². The summed E-state index contributed by atoms with van der Waals surface area (Å²) in [6.07, 6.45) is 66.5. The molecule has 0 saturated heterocycles. The number of aliphatic hydroxyl groups excluding tert-OH is 1. The van der Waals surface area contributed by atoms with Crippen LogP contribution in [0.25, 0.3) is 0 Å². The molecule has 105 heavy (non-hydrogen) atoms. The SMILES string of the molecule is CCCCCCCCCCCCCCCCCCCCC(=O)OC[C@H](COP(=O)(O)OC[C@@H](O)COP(=O)(O)OC[C@@H](COC(=O)CCCCCCCCCCC(C)CC)OC(=O)CCCCCCCCCCCCCCCC(C)C)OC(=O)CCCCCCCCCCCCCCCCCCC(C)C. The number of hydrogen-bond acceptors (Lipinski definition) is 15. The monoisotopic (exact) mass is 1540 g/mol. The molecule has 0 bridgehead atoms. The van der Waals surface area contributed by atoms with Crippen molar-refractivity contribution in [2.24, 2.45) is 17.8 Å². The second-order valence-electron chi connectivity index (χ2n) is 32.1.